The highest BCUT2D eigenvalue weighted by molar-refractivity contribution is 5.74. The van der Waals surface area contributed by atoms with Crippen molar-refractivity contribution in [3.8, 4) is 11.5 Å². The second-order valence-corrected chi connectivity index (χ2v) is 7.80. The molecule has 0 aliphatic heterocycles. The molecule has 5 nitrogen and oxygen atoms in total. The second-order valence-electron chi connectivity index (χ2n) is 7.80. The van der Waals surface area contributed by atoms with Crippen LogP contribution in [0.5, 0.6) is 11.5 Å². The highest BCUT2D eigenvalue weighted by Crippen LogP contribution is 2.27. The number of urea groups is 1. The van der Waals surface area contributed by atoms with Gasteiger partial charge in [0, 0.05) is 12.6 Å². The molecule has 0 atom stereocenters. The Morgan fingerprint density at radius 2 is 1.46 bits per heavy atom. The summed E-state index contributed by atoms with van der Waals surface area (Å²) in [5.74, 6) is 1.44. The first-order valence-electron chi connectivity index (χ1n) is 11.0. The van der Waals surface area contributed by atoms with Crippen molar-refractivity contribution in [3.63, 3.8) is 0 Å². The maximum Gasteiger partial charge on any atom is 0.315 e. The number of carbonyl (C=O) groups excluding carboxylic acids is 1. The van der Waals surface area contributed by atoms with Gasteiger partial charge in [0.15, 0.2) is 11.5 Å². The first kappa shape index (κ1) is 22.4. The molecule has 1 saturated carbocycles. The number of methoxy groups -OCH3 is 2. The average Bonchev–Trinajstić information content (AvgIpc) is 2.70. The lowest BCUT2D eigenvalue weighted by Crippen LogP contribution is -2.42. The van der Waals surface area contributed by atoms with Crippen LogP contribution in [0.4, 0.5) is 4.79 Å². The van der Waals surface area contributed by atoms with Crippen molar-refractivity contribution in [2.45, 2.75) is 83.1 Å². The van der Waals surface area contributed by atoms with E-state index in [4.69, 9.17) is 9.47 Å². The van der Waals surface area contributed by atoms with Crippen LogP contribution in [0, 0.1) is 0 Å². The summed E-state index contributed by atoms with van der Waals surface area (Å²) in [6.07, 6.45) is 14.8. The summed E-state index contributed by atoms with van der Waals surface area (Å²) in [4.78, 5) is 12.3. The molecule has 1 aromatic carbocycles. The van der Waals surface area contributed by atoms with Crippen molar-refractivity contribution in [3.05, 3.63) is 23.8 Å². The molecule has 0 unspecified atom stereocenters. The van der Waals surface area contributed by atoms with Gasteiger partial charge in [-0.05, 0) is 37.0 Å². The van der Waals surface area contributed by atoms with Gasteiger partial charge < -0.3 is 20.1 Å². The Morgan fingerprint density at radius 1 is 0.893 bits per heavy atom. The van der Waals surface area contributed by atoms with Crippen molar-refractivity contribution >= 4 is 6.03 Å². The van der Waals surface area contributed by atoms with Crippen LogP contribution in [0.3, 0.4) is 0 Å². The van der Waals surface area contributed by atoms with Crippen LogP contribution in [0.25, 0.3) is 0 Å². The summed E-state index contributed by atoms with van der Waals surface area (Å²) in [5, 5.41) is 6.21. The van der Waals surface area contributed by atoms with E-state index in [0.717, 1.165) is 36.3 Å². The quantitative estimate of drug-likeness (QED) is 0.700. The Morgan fingerprint density at radius 3 is 2.04 bits per heavy atom. The number of rotatable bonds is 6. The van der Waals surface area contributed by atoms with E-state index in [1.807, 2.05) is 18.2 Å². The van der Waals surface area contributed by atoms with Crippen molar-refractivity contribution in [2.24, 2.45) is 0 Å². The molecular weight excluding hydrogens is 352 g/mol. The smallest absolute Gasteiger partial charge is 0.315 e. The first-order chi connectivity index (χ1) is 13.7. The normalized spacial score (nSPS) is 17.1. The zero-order valence-corrected chi connectivity index (χ0v) is 17.7. The molecule has 1 aliphatic rings. The Hall–Kier alpha value is -1.91. The van der Waals surface area contributed by atoms with Gasteiger partial charge in [0.1, 0.15) is 0 Å². The maximum atomic E-state index is 12.3. The van der Waals surface area contributed by atoms with Gasteiger partial charge in [-0.1, -0.05) is 63.9 Å². The number of amides is 2. The third kappa shape index (κ3) is 8.41. The van der Waals surface area contributed by atoms with Gasteiger partial charge in [-0.15, -0.1) is 0 Å². The molecule has 0 heterocycles. The van der Waals surface area contributed by atoms with Crippen LogP contribution in [0.1, 0.15) is 76.2 Å². The Labute approximate surface area is 170 Å². The lowest BCUT2D eigenvalue weighted by molar-refractivity contribution is 0.234. The van der Waals surface area contributed by atoms with E-state index in [9.17, 15) is 4.79 Å². The molecule has 1 fully saturated rings. The van der Waals surface area contributed by atoms with E-state index < -0.39 is 0 Å². The van der Waals surface area contributed by atoms with Gasteiger partial charge in [-0.25, -0.2) is 4.79 Å². The minimum absolute atomic E-state index is 0.0439. The molecule has 0 bridgehead atoms. The van der Waals surface area contributed by atoms with Gasteiger partial charge in [-0.2, -0.15) is 0 Å². The highest BCUT2D eigenvalue weighted by atomic mass is 16.5. The second kappa shape index (κ2) is 13.3. The molecule has 1 aliphatic carbocycles. The summed E-state index contributed by atoms with van der Waals surface area (Å²) >= 11 is 0. The molecule has 2 amide bonds. The molecule has 28 heavy (non-hydrogen) atoms. The van der Waals surface area contributed by atoms with Crippen molar-refractivity contribution in [1.29, 1.82) is 0 Å². The van der Waals surface area contributed by atoms with E-state index in [-0.39, 0.29) is 6.03 Å². The zero-order valence-electron chi connectivity index (χ0n) is 17.7. The number of carbonyl (C=O) groups is 1. The number of nitrogens with one attached hydrogen (secondary N) is 2. The van der Waals surface area contributed by atoms with Gasteiger partial charge in [0.05, 0.1) is 14.2 Å². The van der Waals surface area contributed by atoms with Crippen molar-refractivity contribution in [1.82, 2.24) is 10.6 Å². The standard InChI is InChI=1S/C23H38N2O3/c1-27-21-15-14-19(18-22(21)28-2)16-17-24-23(26)25-20-12-10-8-6-4-3-5-7-9-11-13-20/h14-15,18,20H,3-13,16-17H2,1-2H3,(H2,24,25,26). The predicted molar refractivity (Wildman–Crippen MR) is 114 cm³/mol. The van der Waals surface area contributed by atoms with E-state index in [2.05, 4.69) is 10.6 Å². The summed E-state index contributed by atoms with van der Waals surface area (Å²) in [6, 6.07) is 6.14. The maximum absolute atomic E-state index is 12.3. The third-order valence-electron chi connectivity index (χ3n) is 5.59. The van der Waals surface area contributed by atoms with Crippen LogP contribution in [-0.4, -0.2) is 32.8 Å². The van der Waals surface area contributed by atoms with Crippen LogP contribution in [-0.2, 0) is 6.42 Å². The average molecular weight is 391 g/mol. The fraction of sp³-hybridized carbons (Fsp3) is 0.696. The van der Waals surface area contributed by atoms with Crippen LogP contribution in [0.15, 0.2) is 18.2 Å². The first-order valence-corrected chi connectivity index (χ1v) is 11.0. The number of ether oxygens (including phenoxy) is 2. The molecule has 2 rings (SSSR count). The summed E-state index contributed by atoms with van der Waals surface area (Å²) in [6.45, 7) is 0.605. The molecular formula is C23H38N2O3. The van der Waals surface area contributed by atoms with Crippen LogP contribution < -0.4 is 20.1 Å². The summed E-state index contributed by atoms with van der Waals surface area (Å²) in [5.41, 5.74) is 1.11. The third-order valence-corrected chi connectivity index (χ3v) is 5.59. The molecule has 2 N–H and O–H groups in total. The minimum Gasteiger partial charge on any atom is -0.493 e. The molecule has 0 aromatic heterocycles. The van der Waals surface area contributed by atoms with E-state index in [1.54, 1.807) is 14.2 Å². The Kier molecular flexibility index (Phi) is 10.6. The van der Waals surface area contributed by atoms with E-state index in [0.29, 0.717) is 12.6 Å². The van der Waals surface area contributed by atoms with Gasteiger partial charge >= 0.3 is 6.03 Å². The molecule has 0 spiro atoms. The molecule has 0 saturated heterocycles. The summed E-state index contributed by atoms with van der Waals surface area (Å²) < 4.78 is 10.6. The fourth-order valence-electron chi connectivity index (χ4n) is 3.90. The molecule has 5 heteroatoms. The zero-order chi connectivity index (χ0) is 20.0. The van der Waals surface area contributed by atoms with E-state index >= 15 is 0 Å². The Balaban J connectivity index is 1.73. The Bertz CT molecular complexity index is 565. The highest BCUT2D eigenvalue weighted by Gasteiger charge is 2.12. The lowest BCUT2D eigenvalue weighted by atomic mass is 9.98. The van der Waals surface area contributed by atoms with Gasteiger partial charge in [-0.3, -0.25) is 0 Å². The summed E-state index contributed by atoms with van der Waals surface area (Å²) in [7, 11) is 3.27. The van der Waals surface area contributed by atoms with E-state index in [1.165, 1.54) is 57.8 Å². The largest absolute Gasteiger partial charge is 0.493 e. The molecule has 158 valence electrons. The fourth-order valence-corrected chi connectivity index (χ4v) is 3.90. The minimum atomic E-state index is -0.0439. The van der Waals surface area contributed by atoms with Crippen LogP contribution in [0.2, 0.25) is 0 Å². The number of benzene rings is 1. The lowest BCUT2D eigenvalue weighted by Gasteiger charge is -2.20. The van der Waals surface area contributed by atoms with Crippen molar-refractivity contribution < 1.29 is 14.3 Å². The predicted octanol–water partition coefficient (Wildman–Crippen LogP) is 5.22. The monoisotopic (exact) mass is 390 g/mol. The van der Waals surface area contributed by atoms with Gasteiger partial charge in [0.2, 0.25) is 0 Å². The number of hydrogen-bond donors (Lipinski definition) is 2. The van der Waals surface area contributed by atoms with Gasteiger partial charge in [0.25, 0.3) is 0 Å². The molecule has 0 radical (unpaired) electrons. The SMILES string of the molecule is COc1ccc(CCNC(=O)NC2CCCCCCCCCCC2)cc1OC. The topological polar surface area (TPSA) is 59.6 Å². The van der Waals surface area contributed by atoms with Crippen molar-refractivity contribution in [2.75, 3.05) is 20.8 Å². The molecule has 1 aromatic rings. The van der Waals surface area contributed by atoms with Crippen LogP contribution >= 0.6 is 0 Å². The number of hydrogen-bond acceptors (Lipinski definition) is 3.